The Bertz CT molecular complexity index is 901. The molecule has 2 N–H and O–H groups in total. The summed E-state index contributed by atoms with van der Waals surface area (Å²) in [6.07, 6.45) is 0. The number of hydrogen-bond donors (Lipinski definition) is 2. The van der Waals surface area contributed by atoms with Crippen molar-refractivity contribution >= 4 is 12.2 Å². The molecule has 0 atom stereocenters. The molecule has 0 bridgehead atoms. The SMILES string of the molecule is O=c1[nH]c(=S)c(-c2ccccc2O)nn1-c1ccccc1. The molecule has 0 saturated carbocycles. The van der Waals surface area contributed by atoms with Gasteiger partial charge in [0.1, 0.15) is 16.1 Å². The van der Waals surface area contributed by atoms with E-state index in [-0.39, 0.29) is 10.4 Å². The monoisotopic (exact) mass is 297 g/mol. The van der Waals surface area contributed by atoms with E-state index in [9.17, 15) is 9.90 Å². The third-order valence-corrected chi connectivity index (χ3v) is 3.28. The number of phenolic OH excluding ortho intramolecular Hbond substituents is 1. The van der Waals surface area contributed by atoms with E-state index in [1.165, 1.54) is 4.68 Å². The molecule has 5 nitrogen and oxygen atoms in total. The average molecular weight is 297 g/mol. The standard InChI is InChI=1S/C15H11N3O2S/c19-12-9-5-4-8-11(12)13-14(21)16-15(20)18(17-13)10-6-2-1-3-7-10/h1-9,19H,(H,16,20,21). The van der Waals surface area contributed by atoms with Crippen molar-refractivity contribution in [1.29, 1.82) is 0 Å². The van der Waals surface area contributed by atoms with Gasteiger partial charge >= 0.3 is 5.69 Å². The maximum Gasteiger partial charge on any atom is 0.347 e. The highest BCUT2D eigenvalue weighted by Crippen LogP contribution is 2.26. The number of nitrogens with zero attached hydrogens (tertiary/aromatic N) is 2. The summed E-state index contributed by atoms with van der Waals surface area (Å²) in [7, 11) is 0. The quantitative estimate of drug-likeness (QED) is 0.713. The van der Waals surface area contributed by atoms with Crippen molar-refractivity contribution in [2.75, 3.05) is 0 Å². The Balaban J connectivity index is 2.27. The van der Waals surface area contributed by atoms with Crippen molar-refractivity contribution in [3.05, 3.63) is 69.7 Å². The van der Waals surface area contributed by atoms with E-state index in [0.29, 0.717) is 16.9 Å². The van der Waals surface area contributed by atoms with E-state index in [0.717, 1.165) is 0 Å². The Morgan fingerprint density at radius 2 is 1.71 bits per heavy atom. The molecule has 3 aromatic rings. The number of aromatic nitrogens is 3. The number of rotatable bonds is 2. The van der Waals surface area contributed by atoms with Crippen molar-refractivity contribution in [2.45, 2.75) is 0 Å². The summed E-state index contributed by atoms with van der Waals surface area (Å²) in [5, 5.41) is 14.2. The van der Waals surface area contributed by atoms with Gasteiger partial charge in [-0.25, -0.2) is 4.79 Å². The van der Waals surface area contributed by atoms with Gasteiger partial charge in [-0.15, -0.1) is 0 Å². The second kappa shape index (κ2) is 5.34. The number of benzene rings is 2. The molecule has 0 aliphatic rings. The lowest BCUT2D eigenvalue weighted by Gasteiger charge is -2.08. The van der Waals surface area contributed by atoms with Gasteiger partial charge in [-0.05, 0) is 24.3 Å². The van der Waals surface area contributed by atoms with E-state index in [4.69, 9.17) is 12.2 Å². The summed E-state index contributed by atoms with van der Waals surface area (Å²) in [4.78, 5) is 14.6. The van der Waals surface area contributed by atoms with Crippen molar-refractivity contribution in [3.8, 4) is 22.7 Å². The smallest absolute Gasteiger partial charge is 0.347 e. The molecule has 6 heteroatoms. The van der Waals surface area contributed by atoms with Gasteiger partial charge in [0, 0.05) is 5.56 Å². The maximum absolute atomic E-state index is 12.0. The largest absolute Gasteiger partial charge is 0.507 e. The lowest BCUT2D eigenvalue weighted by atomic mass is 10.1. The Morgan fingerprint density at radius 3 is 2.43 bits per heavy atom. The van der Waals surface area contributed by atoms with Crippen LogP contribution >= 0.6 is 12.2 Å². The molecule has 0 spiro atoms. The molecule has 1 heterocycles. The summed E-state index contributed by atoms with van der Waals surface area (Å²) in [5.74, 6) is 0.0581. The van der Waals surface area contributed by atoms with Crippen LogP contribution in [-0.2, 0) is 0 Å². The zero-order valence-corrected chi connectivity index (χ0v) is 11.7. The van der Waals surface area contributed by atoms with Gasteiger partial charge in [0.15, 0.2) is 0 Å². The molecule has 0 aliphatic carbocycles. The number of H-pyrrole nitrogens is 1. The maximum atomic E-state index is 12.0. The van der Waals surface area contributed by atoms with Gasteiger partial charge in [0.25, 0.3) is 0 Å². The Morgan fingerprint density at radius 1 is 1.05 bits per heavy atom. The first kappa shape index (κ1) is 13.3. The van der Waals surface area contributed by atoms with Crippen LogP contribution in [0, 0.1) is 4.64 Å². The minimum atomic E-state index is -0.426. The van der Waals surface area contributed by atoms with Crippen molar-refractivity contribution in [2.24, 2.45) is 0 Å². The highest BCUT2D eigenvalue weighted by Gasteiger charge is 2.11. The first-order valence-electron chi connectivity index (χ1n) is 6.24. The van der Waals surface area contributed by atoms with E-state index in [1.807, 2.05) is 18.2 Å². The fraction of sp³-hybridized carbons (Fsp3) is 0. The fourth-order valence-electron chi connectivity index (χ4n) is 1.99. The normalized spacial score (nSPS) is 10.5. The van der Waals surface area contributed by atoms with E-state index in [2.05, 4.69) is 10.1 Å². The number of nitrogens with one attached hydrogen (secondary N) is 1. The van der Waals surface area contributed by atoms with Gasteiger partial charge in [0.05, 0.1) is 5.69 Å². The first-order chi connectivity index (χ1) is 10.2. The molecule has 2 aromatic carbocycles. The van der Waals surface area contributed by atoms with Crippen LogP contribution < -0.4 is 5.69 Å². The molecule has 0 aliphatic heterocycles. The third kappa shape index (κ3) is 2.48. The number of phenols is 1. The lowest BCUT2D eigenvalue weighted by molar-refractivity contribution is 0.477. The van der Waals surface area contributed by atoms with Crippen LogP contribution in [0.15, 0.2) is 59.4 Å². The molecule has 0 radical (unpaired) electrons. The van der Waals surface area contributed by atoms with Gasteiger partial charge < -0.3 is 5.11 Å². The van der Waals surface area contributed by atoms with E-state index >= 15 is 0 Å². The lowest BCUT2D eigenvalue weighted by Crippen LogP contribution is -2.24. The van der Waals surface area contributed by atoms with Gasteiger partial charge in [-0.3, -0.25) is 4.98 Å². The number of hydrogen-bond acceptors (Lipinski definition) is 4. The molecule has 104 valence electrons. The predicted octanol–water partition coefficient (Wildman–Crippen LogP) is 2.66. The van der Waals surface area contributed by atoms with Crippen molar-refractivity contribution < 1.29 is 5.11 Å². The van der Waals surface area contributed by atoms with Crippen LogP contribution in [0.2, 0.25) is 0 Å². The summed E-state index contributed by atoms with van der Waals surface area (Å²) >= 11 is 5.15. The second-order valence-electron chi connectivity index (χ2n) is 4.37. The number of aromatic amines is 1. The predicted molar refractivity (Wildman–Crippen MR) is 82.1 cm³/mol. The fourth-order valence-corrected chi connectivity index (χ4v) is 2.23. The molecule has 0 fully saturated rings. The van der Waals surface area contributed by atoms with Crippen LogP contribution in [0.5, 0.6) is 5.75 Å². The second-order valence-corrected chi connectivity index (χ2v) is 4.78. The molecule has 1 aromatic heterocycles. The summed E-state index contributed by atoms with van der Waals surface area (Å²) in [5.41, 5.74) is 1.02. The molecule has 21 heavy (non-hydrogen) atoms. The first-order valence-corrected chi connectivity index (χ1v) is 6.65. The van der Waals surface area contributed by atoms with Gasteiger partial charge in [-0.1, -0.05) is 42.5 Å². The van der Waals surface area contributed by atoms with Crippen LogP contribution in [0.3, 0.4) is 0 Å². The highest BCUT2D eigenvalue weighted by atomic mass is 32.1. The number of aromatic hydroxyl groups is 1. The van der Waals surface area contributed by atoms with Gasteiger partial charge in [0.2, 0.25) is 0 Å². The highest BCUT2D eigenvalue weighted by molar-refractivity contribution is 7.71. The Labute approximate surface area is 125 Å². The minimum absolute atomic E-state index is 0.0581. The number of para-hydroxylation sites is 2. The van der Waals surface area contributed by atoms with Crippen LogP contribution in [-0.4, -0.2) is 19.9 Å². The summed E-state index contributed by atoms with van der Waals surface area (Å²) in [6, 6.07) is 15.7. The molecule has 0 amide bonds. The molecule has 0 saturated heterocycles. The zero-order chi connectivity index (χ0) is 14.8. The molecule has 0 unspecified atom stereocenters. The third-order valence-electron chi connectivity index (χ3n) is 2.99. The zero-order valence-electron chi connectivity index (χ0n) is 10.9. The van der Waals surface area contributed by atoms with Crippen molar-refractivity contribution in [3.63, 3.8) is 0 Å². The van der Waals surface area contributed by atoms with E-state index in [1.54, 1.807) is 36.4 Å². The van der Waals surface area contributed by atoms with Gasteiger partial charge in [-0.2, -0.15) is 9.78 Å². The summed E-state index contributed by atoms with van der Waals surface area (Å²) in [6.45, 7) is 0. The van der Waals surface area contributed by atoms with Crippen LogP contribution in [0.25, 0.3) is 16.9 Å². The molecular formula is C15H11N3O2S. The molecular weight excluding hydrogens is 286 g/mol. The van der Waals surface area contributed by atoms with Crippen LogP contribution in [0.4, 0.5) is 0 Å². The Kier molecular flexibility index (Phi) is 3.37. The summed E-state index contributed by atoms with van der Waals surface area (Å²) < 4.78 is 1.41. The van der Waals surface area contributed by atoms with Crippen molar-refractivity contribution in [1.82, 2.24) is 14.8 Å². The minimum Gasteiger partial charge on any atom is -0.507 e. The topological polar surface area (TPSA) is 70.9 Å². The Hall–Kier alpha value is -2.73. The van der Waals surface area contributed by atoms with Crippen LogP contribution in [0.1, 0.15) is 0 Å². The average Bonchev–Trinajstić information content (AvgIpc) is 2.49. The molecule has 3 rings (SSSR count). The van der Waals surface area contributed by atoms with E-state index < -0.39 is 5.69 Å².